The molecule has 0 spiro atoms. The van der Waals surface area contributed by atoms with Crippen molar-refractivity contribution in [2.45, 2.75) is 40.0 Å². The van der Waals surface area contributed by atoms with Crippen molar-refractivity contribution in [2.24, 2.45) is 0 Å². The van der Waals surface area contributed by atoms with E-state index in [9.17, 15) is 15.0 Å². The van der Waals surface area contributed by atoms with Crippen LogP contribution in [0.2, 0.25) is 0 Å². The Labute approximate surface area is 206 Å². The second kappa shape index (κ2) is 8.02. The SMILES string of the molecule is Cc1ccccc1N1C(=O)C(c2cc(C)c(O)c(C)c2)(c2cc(C)c(O)c(C)c2)c2ccccc21. The second-order valence-electron chi connectivity index (χ2n) is 9.61. The molecule has 1 amide bonds. The first-order chi connectivity index (χ1) is 16.7. The number of hydrogen-bond acceptors (Lipinski definition) is 3. The van der Waals surface area contributed by atoms with Gasteiger partial charge in [0.15, 0.2) is 0 Å². The zero-order valence-electron chi connectivity index (χ0n) is 20.7. The van der Waals surface area contributed by atoms with Gasteiger partial charge in [0, 0.05) is 5.56 Å². The van der Waals surface area contributed by atoms with E-state index in [4.69, 9.17) is 0 Å². The van der Waals surface area contributed by atoms with Crippen LogP contribution in [-0.2, 0) is 10.2 Å². The Bertz CT molecular complexity index is 1400. The van der Waals surface area contributed by atoms with E-state index >= 15 is 0 Å². The number of carbonyl (C=O) groups is 1. The third kappa shape index (κ3) is 3.17. The maximum absolute atomic E-state index is 14.9. The minimum Gasteiger partial charge on any atom is -0.507 e. The maximum Gasteiger partial charge on any atom is 0.251 e. The van der Waals surface area contributed by atoms with Crippen LogP contribution in [0.5, 0.6) is 11.5 Å². The molecule has 35 heavy (non-hydrogen) atoms. The summed E-state index contributed by atoms with van der Waals surface area (Å²) in [6.45, 7) is 9.44. The van der Waals surface area contributed by atoms with Gasteiger partial charge >= 0.3 is 0 Å². The van der Waals surface area contributed by atoms with Crippen LogP contribution in [0.15, 0.2) is 72.8 Å². The lowest BCUT2D eigenvalue weighted by Gasteiger charge is -2.32. The molecule has 5 rings (SSSR count). The molecule has 0 saturated heterocycles. The van der Waals surface area contributed by atoms with Gasteiger partial charge in [0.25, 0.3) is 5.91 Å². The number of benzene rings is 4. The van der Waals surface area contributed by atoms with E-state index in [2.05, 4.69) is 0 Å². The summed E-state index contributed by atoms with van der Waals surface area (Å²) in [5, 5.41) is 21.1. The number of anilines is 2. The predicted octanol–water partition coefficient (Wildman–Crippen LogP) is 6.65. The van der Waals surface area contributed by atoms with Gasteiger partial charge in [-0.05, 0) is 85.7 Å². The van der Waals surface area contributed by atoms with Crippen molar-refractivity contribution in [3.05, 3.63) is 117 Å². The van der Waals surface area contributed by atoms with Crippen molar-refractivity contribution < 1.29 is 15.0 Å². The van der Waals surface area contributed by atoms with Crippen LogP contribution in [0.25, 0.3) is 0 Å². The van der Waals surface area contributed by atoms with Gasteiger partial charge in [-0.1, -0.05) is 60.7 Å². The molecule has 0 fully saturated rings. The number of hydrogen-bond donors (Lipinski definition) is 2. The zero-order valence-corrected chi connectivity index (χ0v) is 20.7. The summed E-state index contributed by atoms with van der Waals surface area (Å²) in [7, 11) is 0. The van der Waals surface area contributed by atoms with Gasteiger partial charge in [-0.25, -0.2) is 0 Å². The van der Waals surface area contributed by atoms with Crippen LogP contribution in [0.4, 0.5) is 11.4 Å². The van der Waals surface area contributed by atoms with Crippen molar-refractivity contribution >= 4 is 17.3 Å². The van der Waals surface area contributed by atoms with E-state index in [0.29, 0.717) is 22.3 Å². The largest absolute Gasteiger partial charge is 0.507 e. The fourth-order valence-electron chi connectivity index (χ4n) is 5.50. The first-order valence-corrected chi connectivity index (χ1v) is 11.8. The highest BCUT2D eigenvalue weighted by atomic mass is 16.3. The molecule has 2 N–H and O–H groups in total. The molecule has 4 heteroatoms. The van der Waals surface area contributed by atoms with Gasteiger partial charge in [0.2, 0.25) is 0 Å². The van der Waals surface area contributed by atoms with Gasteiger partial charge in [-0.2, -0.15) is 0 Å². The van der Waals surface area contributed by atoms with Crippen molar-refractivity contribution in [3.8, 4) is 11.5 Å². The predicted molar refractivity (Wildman–Crippen MR) is 140 cm³/mol. The molecule has 0 atom stereocenters. The van der Waals surface area contributed by atoms with Gasteiger partial charge in [-0.15, -0.1) is 0 Å². The molecule has 0 unspecified atom stereocenters. The van der Waals surface area contributed by atoms with E-state index < -0.39 is 5.41 Å². The highest BCUT2D eigenvalue weighted by molar-refractivity contribution is 6.17. The lowest BCUT2D eigenvalue weighted by atomic mass is 9.69. The average Bonchev–Trinajstić information content (AvgIpc) is 3.09. The summed E-state index contributed by atoms with van der Waals surface area (Å²) >= 11 is 0. The molecule has 0 aromatic heterocycles. The number of para-hydroxylation sites is 2. The van der Waals surface area contributed by atoms with Gasteiger partial charge in [0.1, 0.15) is 16.9 Å². The number of nitrogens with zero attached hydrogens (tertiary/aromatic N) is 1. The Morgan fingerprint density at radius 2 is 1.03 bits per heavy atom. The standard InChI is InChI=1S/C31H29NO3/c1-18-10-6-8-12-26(18)32-27-13-9-7-11-25(27)31(30(32)35,23-14-19(2)28(33)20(3)15-23)24-16-21(4)29(34)22(5)17-24/h6-17,33-34H,1-5H3. The Hall–Kier alpha value is -4.05. The number of aryl methyl sites for hydroxylation is 5. The smallest absolute Gasteiger partial charge is 0.251 e. The van der Waals surface area contributed by atoms with E-state index in [1.807, 2.05) is 112 Å². The Balaban J connectivity index is 1.94. The molecule has 4 nitrogen and oxygen atoms in total. The average molecular weight is 464 g/mol. The van der Waals surface area contributed by atoms with Crippen molar-refractivity contribution in [3.63, 3.8) is 0 Å². The number of aromatic hydroxyl groups is 2. The molecule has 0 saturated carbocycles. The Kier molecular flexibility index (Phi) is 5.21. The molecular formula is C31H29NO3. The summed E-state index contributed by atoms with van der Waals surface area (Å²) in [5.41, 5.74) is 6.85. The number of rotatable bonds is 3. The van der Waals surface area contributed by atoms with Crippen LogP contribution in [0.3, 0.4) is 0 Å². The zero-order chi connectivity index (χ0) is 25.1. The van der Waals surface area contributed by atoms with Crippen molar-refractivity contribution in [1.29, 1.82) is 0 Å². The number of amides is 1. The molecule has 1 heterocycles. The van der Waals surface area contributed by atoms with Crippen LogP contribution in [0, 0.1) is 34.6 Å². The molecule has 0 radical (unpaired) electrons. The molecular weight excluding hydrogens is 434 g/mol. The number of phenolic OH excluding ortho intramolecular Hbond substituents is 2. The quantitative estimate of drug-likeness (QED) is 0.357. The summed E-state index contributed by atoms with van der Waals surface area (Å²) in [5.74, 6) is 0.384. The monoisotopic (exact) mass is 463 g/mol. The van der Waals surface area contributed by atoms with E-state index in [1.165, 1.54) is 0 Å². The summed E-state index contributed by atoms with van der Waals surface area (Å²) < 4.78 is 0. The minimum atomic E-state index is -1.15. The van der Waals surface area contributed by atoms with E-state index in [-0.39, 0.29) is 17.4 Å². The normalized spacial score (nSPS) is 14.3. The summed E-state index contributed by atoms with van der Waals surface area (Å²) in [4.78, 5) is 16.7. The first-order valence-electron chi connectivity index (χ1n) is 11.8. The Morgan fingerprint density at radius 3 is 1.51 bits per heavy atom. The molecule has 4 aromatic carbocycles. The second-order valence-corrected chi connectivity index (χ2v) is 9.61. The summed E-state index contributed by atoms with van der Waals surface area (Å²) in [6, 6.07) is 23.5. The summed E-state index contributed by atoms with van der Waals surface area (Å²) in [6.07, 6.45) is 0. The van der Waals surface area contributed by atoms with E-state index in [0.717, 1.165) is 33.6 Å². The van der Waals surface area contributed by atoms with Crippen LogP contribution in [0.1, 0.15) is 44.5 Å². The minimum absolute atomic E-state index is 0.0815. The Morgan fingerprint density at radius 1 is 0.600 bits per heavy atom. The molecule has 0 bridgehead atoms. The maximum atomic E-state index is 14.9. The number of fused-ring (bicyclic) bond motifs is 1. The first kappa shape index (κ1) is 22.7. The highest BCUT2D eigenvalue weighted by Gasteiger charge is 2.54. The third-order valence-corrected chi connectivity index (χ3v) is 7.28. The number of phenols is 2. The third-order valence-electron chi connectivity index (χ3n) is 7.28. The van der Waals surface area contributed by atoms with Gasteiger partial charge < -0.3 is 10.2 Å². The van der Waals surface area contributed by atoms with Crippen LogP contribution < -0.4 is 4.90 Å². The molecule has 4 aromatic rings. The molecule has 1 aliphatic rings. The highest BCUT2D eigenvalue weighted by Crippen LogP contribution is 2.54. The van der Waals surface area contributed by atoms with Crippen molar-refractivity contribution in [1.82, 2.24) is 0 Å². The van der Waals surface area contributed by atoms with Crippen LogP contribution >= 0.6 is 0 Å². The fraction of sp³-hybridized carbons (Fsp3) is 0.194. The molecule has 1 aliphatic heterocycles. The lowest BCUT2D eigenvalue weighted by Crippen LogP contribution is -2.41. The topological polar surface area (TPSA) is 60.8 Å². The molecule has 0 aliphatic carbocycles. The van der Waals surface area contributed by atoms with E-state index in [1.54, 1.807) is 0 Å². The molecule has 176 valence electrons. The number of carbonyl (C=O) groups excluding carboxylic acids is 1. The lowest BCUT2D eigenvalue weighted by molar-refractivity contribution is -0.120. The van der Waals surface area contributed by atoms with Crippen molar-refractivity contribution in [2.75, 3.05) is 4.90 Å². The van der Waals surface area contributed by atoms with Gasteiger partial charge in [-0.3, -0.25) is 9.69 Å². The fourth-order valence-corrected chi connectivity index (χ4v) is 5.50. The van der Waals surface area contributed by atoms with Crippen LogP contribution in [-0.4, -0.2) is 16.1 Å². The van der Waals surface area contributed by atoms with Gasteiger partial charge in [0.05, 0.1) is 11.4 Å².